The van der Waals surface area contributed by atoms with Gasteiger partial charge in [-0.1, -0.05) is 22.6 Å². The van der Waals surface area contributed by atoms with Crippen LogP contribution < -0.4 is 5.32 Å². The second-order valence-electron chi connectivity index (χ2n) is 4.72. The molecule has 88 valence electrons. The summed E-state index contributed by atoms with van der Waals surface area (Å²) in [7, 11) is 0. The summed E-state index contributed by atoms with van der Waals surface area (Å²) in [5, 5.41) is 2.77. The van der Waals surface area contributed by atoms with Gasteiger partial charge < -0.3 is 14.8 Å². The maximum absolute atomic E-state index is 11.1. The highest BCUT2D eigenvalue weighted by molar-refractivity contribution is 14.1. The van der Waals surface area contributed by atoms with Crippen LogP contribution in [0.1, 0.15) is 27.7 Å². The van der Waals surface area contributed by atoms with E-state index in [1.165, 1.54) is 0 Å². The van der Waals surface area contributed by atoms with E-state index in [-0.39, 0.29) is 27.8 Å². The Balaban J connectivity index is 2.49. The van der Waals surface area contributed by atoms with Crippen molar-refractivity contribution < 1.29 is 14.3 Å². The zero-order valence-electron chi connectivity index (χ0n) is 9.54. The molecule has 1 N–H and O–H groups in total. The first kappa shape index (κ1) is 13.0. The molecule has 1 amide bonds. The van der Waals surface area contributed by atoms with Gasteiger partial charge in [0.15, 0.2) is 0 Å². The van der Waals surface area contributed by atoms with E-state index in [1.54, 1.807) is 0 Å². The summed E-state index contributed by atoms with van der Waals surface area (Å²) in [5.74, 6) is 0. The van der Waals surface area contributed by atoms with Crippen LogP contribution in [0.2, 0.25) is 0 Å². The Bertz CT molecular complexity index is 237. The van der Waals surface area contributed by atoms with Crippen molar-refractivity contribution in [3.8, 4) is 0 Å². The average molecular weight is 327 g/mol. The van der Waals surface area contributed by atoms with Crippen LogP contribution in [0, 0.1) is 0 Å². The molecule has 5 heteroatoms. The molecule has 1 fully saturated rings. The first-order valence-electron chi connectivity index (χ1n) is 5.05. The molecule has 1 rings (SSSR count). The number of carbonyl (C=O) groups is 1. The highest BCUT2D eigenvalue weighted by Crippen LogP contribution is 2.20. The van der Waals surface area contributed by atoms with E-state index in [4.69, 9.17) is 9.47 Å². The Morgan fingerprint density at radius 1 is 1.60 bits per heavy atom. The molecule has 1 aliphatic heterocycles. The van der Waals surface area contributed by atoms with Gasteiger partial charge >= 0.3 is 6.09 Å². The van der Waals surface area contributed by atoms with Gasteiger partial charge in [-0.3, -0.25) is 0 Å². The summed E-state index contributed by atoms with van der Waals surface area (Å²) in [6, 6.07) is -0.0383. The van der Waals surface area contributed by atoms with Gasteiger partial charge in [-0.25, -0.2) is 4.79 Å². The molecule has 0 aliphatic carbocycles. The van der Waals surface area contributed by atoms with E-state index in [0.717, 1.165) is 0 Å². The largest absolute Gasteiger partial charge is 0.443 e. The highest BCUT2D eigenvalue weighted by Gasteiger charge is 2.37. The lowest BCUT2D eigenvalue weighted by Gasteiger charge is -2.24. The Labute approximate surface area is 104 Å². The summed E-state index contributed by atoms with van der Waals surface area (Å²) in [5.41, 5.74) is -0.188. The number of hydrogen-bond acceptors (Lipinski definition) is 3. The Hall–Kier alpha value is -0.0400. The van der Waals surface area contributed by atoms with E-state index in [1.807, 2.05) is 27.7 Å². The number of alkyl halides is 1. The summed E-state index contributed by atoms with van der Waals surface area (Å²) >= 11 is 2.26. The average Bonchev–Trinajstić information content (AvgIpc) is 2.42. The lowest BCUT2D eigenvalue weighted by Crippen LogP contribution is -2.41. The van der Waals surface area contributed by atoms with Crippen LogP contribution in [0.3, 0.4) is 0 Å². The summed E-state index contributed by atoms with van der Waals surface area (Å²) in [6.45, 7) is 8.50. The molecule has 0 saturated carbocycles. The quantitative estimate of drug-likeness (QED) is 0.638. The Morgan fingerprint density at radius 2 is 2.20 bits per heavy atom. The number of nitrogens with one attached hydrogen (secondary N) is 1. The first-order chi connectivity index (χ1) is 6.79. The van der Waals surface area contributed by atoms with Crippen molar-refractivity contribution in [2.24, 2.45) is 0 Å². The minimum absolute atomic E-state index is 0.0383. The third-order valence-corrected chi connectivity index (χ3v) is 2.80. The van der Waals surface area contributed by atoms with Crippen LogP contribution in [0.15, 0.2) is 0 Å². The molecule has 0 unspecified atom stereocenters. The summed E-state index contributed by atoms with van der Waals surface area (Å²) < 4.78 is 11.1. The fourth-order valence-electron chi connectivity index (χ4n) is 1.36. The SMILES string of the molecule is C[C@H](I)[C@@H]1OC(=O)N[C@H]1COC(C)(C)C. The number of hydrogen-bond donors (Lipinski definition) is 1. The van der Waals surface area contributed by atoms with Crippen molar-refractivity contribution >= 4 is 28.7 Å². The molecule has 3 atom stereocenters. The second kappa shape index (κ2) is 4.86. The molecule has 0 spiro atoms. The van der Waals surface area contributed by atoms with Crippen molar-refractivity contribution in [1.29, 1.82) is 0 Å². The van der Waals surface area contributed by atoms with Crippen molar-refractivity contribution in [2.75, 3.05) is 6.61 Å². The van der Waals surface area contributed by atoms with Crippen molar-refractivity contribution in [3.05, 3.63) is 0 Å². The monoisotopic (exact) mass is 327 g/mol. The fraction of sp³-hybridized carbons (Fsp3) is 0.900. The lowest BCUT2D eigenvalue weighted by atomic mass is 10.1. The number of carbonyl (C=O) groups excluding carboxylic acids is 1. The number of amides is 1. The number of halogens is 1. The van der Waals surface area contributed by atoms with Crippen LogP contribution in [0.25, 0.3) is 0 Å². The molecule has 4 nitrogen and oxygen atoms in total. The first-order valence-corrected chi connectivity index (χ1v) is 6.29. The molecule has 0 aromatic heterocycles. The lowest BCUT2D eigenvalue weighted by molar-refractivity contribution is -0.0205. The van der Waals surface area contributed by atoms with Gasteiger partial charge in [-0.05, 0) is 27.7 Å². The van der Waals surface area contributed by atoms with Crippen LogP contribution in [0.4, 0.5) is 4.79 Å². The number of rotatable bonds is 3. The van der Waals surface area contributed by atoms with E-state index in [9.17, 15) is 4.79 Å². The molecule has 1 heterocycles. The van der Waals surface area contributed by atoms with Gasteiger partial charge in [-0.2, -0.15) is 0 Å². The minimum atomic E-state index is -0.342. The second-order valence-corrected chi connectivity index (χ2v) is 6.69. The van der Waals surface area contributed by atoms with E-state index in [0.29, 0.717) is 6.61 Å². The summed E-state index contributed by atoms with van der Waals surface area (Å²) in [6.07, 6.45) is -0.438. The number of ether oxygens (including phenoxy) is 2. The minimum Gasteiger partial charge on any atom is -0.443 e. The zero-order valence-corrected chi connectivity index (χ0v) is 11.7. The summed E-state index contributed by atoms with van der Waals surface area (Å²) in [4.78, 5) is 11.1. The molecular weight excluding hydrogens is 309 g/mol. The molecule has 0 radical (unpaired) electrons. The molecule has 15 heavy (non-hydrogen) atoms. The number of alkyl carbamates (subject to hydrolysis) is 1. The van der Waals surface area contributed by atoms with Crippen molar-refractivity contribution in [1.82, 2.24) is 5.32 Å². The fourth-order valence-corrected chi connectivity index (χ4v) is 2.01. The standard InChI is InChI=1S/C10H18INO3/c1-6(11)8-7(12-9(13)15-8)5-14-10(2,3)4/h6-8H,5H2,1-4H3,(H,12,13)/t6-,7-,8-/m0/s1. The molecule has 0 aromatic rings. The normalized spacial score (nSPS) is 28.5. The maximum Gasteiger partial charge on any atom is 0.407 e. The van der Waals surface area contributed by atoms with Crippen LogP contribution in [-0.2, 0) is 9.47 Å². The maximum atomic E-state index is 11.1. The highest BCUT2D eigenvalue weighted by atomic mass is 127. The third kappa shape index (κ3) is 4.14. The molecule has 0 bridgehead atoms. The van der Waals surface area contributed by atoms with Crippen LogP contribution in [-0.4, -0.2) is 34.4 Å². The van der Waals surface area contributed by atoms with Crippen molar-refractivity contribution in [3.63, 3.8) is 0 Å². The van der Waals surface area contributed by atoms with Crippen LogP contribution >= 0.6 is 22.6 Å². The zero-order chi connectivity index (χ0) is 11.6. The third-order valence-electron chi connectivity index (χ3n) is 2.09. The van der Waals surface area contributed by atoms with Gasteiger partial charge in [-0.15, -0.1) is 0 Å². The molecule has 0 aromatic carbocycles. The molecular formula is C10H18INO3. The Kier molecular flexibility index (Phi) is 4.22. The van der Waals surface area contributed by atoms with Gasteiger partial charge in [0.1, 0.15) is 6.10 Å². The topological polar surface area (TPSA) is 47.6 Å². The predicted octanol–water partition coefficient (Wildman–Crippen LogP) is 2.10. The smallest absolute Gasteiger partial charge is 0.407 e. The van der Waals surface area contributed by atoms with Crippen molar-refractivity contribution in [2.45, 2.75) is 49.4 Å². The van der Waals surface area contributed by atoms with E-state index >= 15 is 0 Å². The number of cyclic esters (lactones) is 1. The Morgan fingerprint density at radius 3 is 2.67 bits per heavy atom. The van der Waals surface area contributed by atoms with E-state index < -0.39 is 0 Å². The molecule has 1 aliphatic rings. The van der Waals surface area contributed by atoms with E-state index in [2.05, 4.69) is 27.9 Å². The molecule has 1 saturated heterocycles. The van der Waals surface area contributed by atoms with Crippen LogP contribution in [0.5, 0.6) is 0 Å². The van der Waals surface area contributed by atoms with Gasteiger partial charge in [0.05, 0.1) is 18.2 Å². The van der Waals surface area contributed by atoms with Gasteiger partial charge in [0.2, 0.25) is 0 Å². The van der Waals surface area contributed by atoms with Gasteiger partial charge in [0, 0.05) is 3.92 Å². The van der Waals surface area contributed by atoms with Gasteiger partial charge in [0.25, 0.3) is 0 Å². The predicted molar refractivity (Wildman–Crippen MR) is 66.4 cm³/mol.